The fourth-order valence-electron chi connectivity index (χ4n) is 2.90. The maximum atomic E-state index is 12.5. The minimum Gasteiger partial charge on any atom is -0.326 e. The van der Waals surface area contributed by atoms with Gasteiger partial charge in [0.2, 0.25) is 21.8 Å². The lowest BCUT2D eigenvalue weighted by atomic mass is 10.1. The van der Waals surface area contributed by atoms with Gasteiger partial charge in [0, 0.05) is 23.9 Å². The monoisotopic (exact) mass is 401 g/mol. The first-order valence-electron chi connectivity index (χ1n) is 8.53. The van der Waals surface area contributed by atoms with Crippen LogP contribution in [0.15, 0.2) is 48.5 Å². The molecule has 0 spiro atoms. The van der Waals surface area contributed by atoms with E-state index < -0.39 is 27.8 Å². The third-order valence-corrected chi connectivity index (χ3v) is 6.03. The summed E-state index contributed by atoms with van der Waals surface area (Å²) in [7, 11) is -3.74. The first kappa shape index (κ1) is 19.6. The highest BCUT2D eigenvalue weighted by Gasteiger charge is 2.42. The summed E-state index contributed by atoms with van der Waals surface area (Å²) in [6.45, 7) is 2.95. The van der Waals surface area contributed by atoms with Crippen LogP contribution in [0.25, 0.3) is 0 Å². The predicted molar refractivity (Wildman–Crippen MR) is 106 cm³/mol. The summed E-state index contributed by atoms with van der Waals surface area (Å²) in [6, 6.07) is 12.4. The first-order valence-corrected chi connectivity index (χ1v) is 10.1. The van der Waals surface area contributed by atoms with Crippen LogP contribution in [0, 0.1) is 5.92 Å². The molecule has 0 saturated carbocycles. The molecule has 8 nitrogen and oxygen atoms in total. The van der Waals surface area contributed by atoms with E-state index in [1.54, 1.807) is 31.2 Å². The Morgan fingerprint density at radius 1 is 1.04 bits per heavy atom. The summed E-state index contributed by atoms with van der Waals surface area (Å²) < 4.78 is 25.2. The molecule has 2 aromatic carbocycles. The van der Waals surface area contributed by atoms with Gasteiger partial charge in [0.25, 0.3) is 5.91 Å². The van der Waals surface area contributed by atoms with Gasteiger partial charge in [0.1, 0.15) is 0 Å². The van der Waals surface area contributed by atoms with Crippen molar-refractivity contribution in [2.24, 2.45) is 5.92 Å². The summed E-state index contributed by atoms with van der Waals surface area (Å²) in [5.74, 6) is -2.03. The van der Waals surface area contributed by atoms with Gasteiger partial charge >= 0.3 is 0 Å². The molecule has 1 saturated heterocycles. The SMILES string of the molecule is CC(=O)Nc1ccc(NC(=O)c2cccc(N3C(=O)[C@H](C)CS3(=O)=O)c2)cc1. The fraction of sp³-hybridized carbons (Fsp3) is 0.211. The largest absolute Gasteiger partial charge is 0.326 e. The smallest absolute Gasteiger partial charge is 0.255 e. The van der Waals surface area contributed by atoms with Crippen molar-refractivity contribution in [2.45, 2.75) is 13.8 Å². The molecule has 0 bridgehead atoms. The summed E-state index contributed by atoms with van der Waals surface area (Å²) in [4.78, 5) is 35.8. The van der Waals surface area contributed by atoms with Gasteiger partial charge in [-0.3, -0.25) is 14.4 Å². The normalized spacial score (nSPS) is 18.0. The lowest BCUT2D eigenvalue weighted by Gasteiger charge is -2.16. The Bertz CT molecular complexity index is 1050. The quantitative estimate of drug-likeness (QED) is 0.816. The topological polar surface area (TPSA) is 113 Å². The van der Waals surface area contributed by atoms with Crippen molar-refractivity contribution in [1.82, 2.24) is 0 Å². The predicted octanol–water partition coefficient (Wildman–Crippen LogP) is 2.21. The second-order valence-electron chi connectivity index (χ2n) is 6.55. The molecular formula is C19H19N3O5S. The second kappa shape index (κ2) is 7.43. The van der Waals surface area contributed by atoms with Gasteiger partial charge in [-0.2, -0.15) is 0 Å². The van der Waals surface area contributed by atoms with E-state index in [4.69, 9.17) is 0 Å². The molecule has 2 aromatic rings. The Labute approximate surface area is 162 Å². The molecule has 0 unspecified atom stereocenters. The van der Waals surface area contributed by atoms with Crippen molar-refractivity contribution in [2.75, 3.05) is 20.7 Å². The number of nitrogens with zero attached hydrogens (tertiary/aromatic N) is 1. The number of carbonyl (C=O) groups excluding carboxylic acids is 3. The number of benzene rings is 2. The summed E-state index contributed by atoms with van der Waals surface area (Å²) in [5, 5.41) is 5.32. The molecule has 3 rings (SSSR count). The molecule has 1 aliphatic rings. The van der Waals surface area contributed by atoms with Crippen LogP contribution >= 0.6 is 0 Å². The molecule has 1 aliphatic heterocycles. The number of carbonyl (C=O) groups is 3. The van der Waals surface area contributed by atoms with Gasteiger partial charge in [-0.05, 0) is 42.5 Å². The third-order valence-electron chi connectivity index (χ3n) is 4.17. The zero-order chi connectivity index (χ0) is 20.5. The second-order valence-corrected chi connectivity index (χ2v) is 8.41. The highest BCUT2D eigenvalue weighted by molar-refractivity contribution is 7.94. The molecule has 146 valence electrons. The van der Waals surface area contributed by atoms with Crippen molar-refractivity contribution in [1.29, 1.82) is 0 Å². The van der Waals surface area contributed by atoms with Crippen LogP contribution in [0.3, 0.4) is 0 Å². The molecule has 0 radical (unpaired) electrons. The Hall–Kier alpha value is -3.20. The Kier molecular flexibility index (Phi) is 5.19. The molecule has 28 heavy (non-hydrogen) atoms. The first-order chi connectivity index (χ1) is 13.2. The summed E-state index contributed by atoms with van der Waals surface area (Å²) >= 11 is 0. The summed E-state index contributed by atoms with van der Waals surface area (Å²) in [5.41, 5.74) is 1.45. The standard InChI is InChI=1S/C19H19N3O5S/c1-12-11-28(26,27)22(19(12)25)17-5-3-4-14(10-17)18(24)21-16-8-6-15(7-9-16)20-13(2)23/h3-10,12H,11H2,1-2H3,(H,20,23)(H,21,24)/t12-/m1/s1. The van der Waals surface area contributed by atoms with E-state index in [1.165, 1.54) is 31.2 Å². The van der Waals surface area contributed by atoms with Gasteiger partial charge in [-0.15, -0.1) is 0 Å². The van der Waals surface area contributed by atoms with Gasteiger partial charge < -0.3 is 10.6 Å². The molecule has 0 aromatic heterocycles. The molecule has 3 amide bonds. The van der Waals surface area contributed by atoms with Crippen LogP contribution < -0.4 is 14.9 Å². The maximum Gasteiger partial charge on any atom is 0.255 e. The van der Waals surface area contributed by atoms with E-state index in [1.807, 2.05) is 0 Å². The van der Waals surface area contributed by atoms with E-state index >= 15 is 0 Å². The van der Waals surface area contributed by atoms with E-state index in [0.29, 0.717) is 11.4 Å². The minimum atomic E-state index is -3.74. The number of hydrogen-bond donors (Lipinski definition) is 2. The van der Waals surface area contributed by atoms with Crippen LogP contribution in [0.2, 0.25) is 0 Å². The Morgan fingerprint density at radius 2 is 1.64 bits per heavy atom. The molecule has 1 heterocycles. The molecular weight excluding hydrogens is 382 g/mol. The van der Waals surface area contributed by atoms with E-state index in [-0.39, 0.29) is 22.9 Å². The third kappa shape index (κ3) is 4.04. The van der Waals surface area contributed by atoms with Crippen LogP contribution in [-0.2, 0) is 19.6 Å². The Morgan fingerprint density at radius 3 is 2.18 bits per heavy atom. The van der Waals surface area contributed by atoms with Crippen molar-refractivity contribution in [3.63, 3.8) is 0 Å². The summed E-state index contributed by atoms with van der Waals surface area (Å²) in [6.07, 6.45) is 0. The van der Waals surface area contributed by atoms with Crippen molar-refractivity contribution in [3.8, 4) is 0 Å². The average molecular weight is 401 g/mol. The molecule has 1 atom stereocenters. The van der Waals surface area contributed by atoms with Crippen molar-refractivity contribution >= 4 is 44.8 Å². The number of rotatable bonds is 4. The van der Waals surface area contributed by atoms with Crippen molar-refractivity contribution in [3.05, 3.63) is 54.1 Å². The average Bonchev–Trinajstić information content (AvgIpc) is 2.83. The van der Waals surface area contributed by atoms with Gasteiger partial charge in [0.15, 0.2) is 0 Å². The lowest BCUT2D eigenvalue weighted by Crippen LogP contribution is -2.30. The Balaban J connectivity index is 1.79. The van der Waals surface area contributed by atoms with Gasteiger partial charge in [-0.1, -0.05) is 13.0 Å². The lowest BCUT2D eigenvalue weighted by molar-refractivity contribution is -0.119. The highest BCUT2D eigenvalue weighted by atomic mass is 32.2. The molecule has 1 fully saturated rings. The van der Waals surface area contributed by atoms with Crippen LogP contribution in [0.1, 0.15) is 24.2 Å². The molecule has 2 N–H and O–H groups in total. The number of anilines is 3. The van der Waals surface area contributed by atoms with Gasteiger partial charge in [-0.25, -0.2) is 12.7 Å². The van der Waals surface area contributed by atoms with E-state index in [2.05, 4.69) is 10.6 Å². The molecule has 0 aliphatic carbocycles. The van der Waals surface area contributed by atoms with Crippen LogP contribution in [0.4, 0.5) is 17.1 Å². The number of hydrogen-bond acceptors (Lipinski definition) is 5. The van der Waals surface area contributed by atoms with Crippen LogP contribution in [0.5, 0.6) is 0 Å². The number of nitrogens with one attached hydrogen (secondary N) is 2. The maximum absolute atomic E-state index is 12.5. The minimum absolute atomic E-state index is 0.142. The highest BCUT2D eigenvalue weighted by Crippen LogP contribution is 2.29. The molecule has 9 heteroatoms. The van der Waals surface area contributed by atoms with Crippen LogP contribution in [-0.4, -0.2) is 31.9 Å². The zero-order valence-electron chi connectivity index (χ0n) is 15.3. The van der Waals surface area contributed by atoms with E-state index in [9.17, 15) is 22.8 Å². The van der Waals surface area contributed by atoms with E-state index in [0.717, 1.165) is 4.31 Å². The van der Waals surface area contributed by atoms with Gasteiger partial charge in [0.05, 0.1) is 17.4 Å². The number of sulfonamides is 1. The van der Waals surface area contributed by atoms with Crippen molar-refractivity contribution < 1.29 is 22.8 Å². The zero-order valence-corrected chi connectivity index (χ0v) is 16.1. The number of amides is 3. The fourth-order valence-corrected chi connectivity index (χ4v) is 4.72.